The molecule has 11 heteroatoms. The van der Waals surface area contributed by atoms with Gasteiger partial charge in [-0.15, -0.1) is 0 Å². The summed E-state index contributed by atoms with van der Waals surface area (Å²) in [5.41, 5.74) is 3.45. The minimum absolute atomic E-state index is 0.0156. The summed E-state index contributed by atoms with van der Waals surface area (Å²) in [5.74, 6) is -1.55. The summed E-state index contributed by atoms with van der Waals surface area (Å²) < 4.78 is 64.6. The third-order valence-electron chi connectivity index (χ3n) is 8.33. The van der Waals surface area contributed by atoms with Crippen molar-refractivity contribution in [1.29, 1.82) is 0 Å². The van der Waals surface area contributed by atoms with Gasteiger partial charge in [0.05, 0.1) is 28.9 Å². The molecule has 0 bridgehead atoms. The van der Waals surface area contributed by atoms with E-state index in [0.717, 1.165) is 42.8 Å². The number of nitrogens with one attached hydrogen (secondary N) is 1. The molecule has 0 fully saturated rings. The highest BCUT2D eigenvalue weighted by molar-refractivity contribution is 5.94. The number of aromatic nitrogens is 3. The number of carbonyl (C=O) groups is 1. The van der Waals surface area contributed by atoms with Crippen molar-refractivity contribution in [2.45, 2.75) is 52.4 Å². The molecule has 0 unspecified atom stereocenters. The lowest BCUT2D eigenvalue weighted by molar-refractivity contribution is 0.00696. The SMILES string of the molecule is COCCn1c(Cc2cc(F)c(-c3cccc(OCc4ccc(C5=CCNCC5)cc4F)n3)cc2F)nc2ccc(C(=O)OC(C)(C)C)cc21. The Labute approximate surface area is 288 Å². The van der Waals surface area contributed by atoms with Gasteiger partial charge in [0.15, 0.2) is 0 Å². The smallest absolute Gasteiger partial charge is 0.338 e. The topological polar surface area (TPSA) is 87.5 Å². The molecule has 1 N–H and O–H groups in total. The minimum Gasteiger partial charge on any atom is -0.473 e. The molecule has 0 aliphatic carbocycles. The first-order valence-electron chi connectivity index (χ1n) is 16.5. The zero-order valence-corrected chi connectivity index (χ0v) is 28.5. The molecular weight excluding hydrogens is 645 g/mol. The number of ether oxygens (including phenoxy) is 3. The third-order valence-corrected chi connectivity index (χ3v) is 8.33. The van der Waals surface area contributed by atoms with Crippen LogP contribution < -0.4 is 10.1 Å². The predicted molar refractivity (Wildman–Crippen MR) is 185 cm³/mol. The standard InChI is InChI=1S/C39H39F3N4O4/c1-39(2,3)50-38(47)26-10-11-34-35(20-26)46(16-17-48-4)36(44-34)21-28-19-32(42)29(22-31(28)41)33-6-5-7-37(45-33)49-23-27-9-8-25(18-30(27)40)24-12-14-43-15-13-24/h5-12,18-20,22,43H,13-17,21,23H2,1-4H3. The average Bonchev–Trinajstić information content (AvgIpc) is 3.43. The Balaban J connectivity index is 1.21. The molecule has 6 rings (SSSR count). The Kier molecular flexibility index (Phi) is 10.4. The van der Waals surface area contributed by atoms with Gasteiger partial charge in [0, 0.05) is 43.8 Å². The zero-order chi connectivity index (χ0) is 35.4. The van der Waals surface area contributed by atoms with E-state index in [1.807, 2.05) is 10.6 Å². The fourth-order valence-electron chi connectivity index (χ4n) is 5.84. The maximum absolute atomic E-state index is 15.7. The number of halogens is 3. The highest BCUT2D eigenvalue weighted by Crippen LogP contribution is 2.29. The van der Waals surface area contributed by atoms with E-state index in [2.05, 4.69) is 21.4 Å². The van der Waals surface area contributed by atoms with Crippen molar-refractivity contribution < 1.29 is 32.2 Å². The van der Waals surface area contributed by atoms with E-state index in [1.54, 1.807) is 70.3 Å². The first-order chi connectivity index (χ1) is 24.0. The van der Waals surface area contributed by atoms with Crippen molar-refractivity contribution in [3.8, 4) is 17.1 Å². The molecule has 0 spiro atoms. The summed E-state index contributed by atoms with van der Waals surface area (Å²) in [6, 6.07) is 17.1. The van der Waals surface area contributed by atoms with Gasteiger partial charge in [-0.3, -0.25) is 0 Å². The summed E-state index contributed by atoms with van der Waals surface area (Å²) in [4.78, 5) is 21.8. The molecule has 260 valence electrons. The van der Waals surface area contributed by atoms with Gasteiger partial charge in [-0.2, -0.15) is 0 Å². The van der Waals surface area contributed by atoms with E-state index in [-0.39, 0.29) is 41.5 Å². The molecule has 8 nitrogen and oxygen atoms in total. The van der Waals surface area contributed by atoms with Gasteiger partial charge in [-0.25, -0.2) is 27.9 Å². The lowest BCUT2D eigenvalue weighted by Gasteiger charge is -2.19. The van der Waals surface area contributed by atoms with Crippen LogP contribution in [0.3, 0.4) is 0 Å². The fourth-order valence-corrected chi connectivity index (χ4v) is 5.84. The van der Waals surface area contributed by atoms with Crippen LogP contribution in [0.1, 0.15) is 60.1 Å². The minimum atomic E-state index is -0.674. The van der Waals surface area contributed by atoms with Crippen molar-refractivity contribution >= 4 is 22.6 Å². The van der Waals surface area contributed by atoms with Crippen LogP contribution in [0.5, 0.6) is 5.88 Å². The first-order valence-corrected chi connectivity index (χ1v) is 16.5. The number of hydrogen-bond acceptors (Lipinski definition) is 7. The van der Waals surface area contributed by atoms with Gasteiger partial charge in [-0.1, -0.05) is 24.3 Å². The van der Waals surface area contributed by atoms with Crippen molar-refractivity contribution in [3.05, 3.63) is 118 Å². The molecule has 5 aromatic rings. The molecule has 0 saturated carbocycles. The van der Waals surface area contributed by atoms with Crippen LogP contribution in [-0.4, -0.2) is 52.9 Å². The number of methoxy groups -OCH3 is 1. The number of benzene rings is 3. The summed E-state index contributed by atoms with van der Waals surface area (Å²) in [6.07, 6.45) is 2.87. The maximum atomic E-state index is 15.7. The second-order valence-corrected chi connectivity index (χ2v) is 13.1. The molecule has 3 heterocycles. The average molecular weight is 685 g/mol. The largest absolute Gasteiger partial charge is 0.473 e. The number of nitrogens with zero attached hydrogens (tertiary/aromatic N) is 3. The van der Waals surface area contributed by atoms with E-state index < -0.39 is 23.2 Å². The maximum Gasteiger partial charge on any atom is 0.338 e. The highest BCUT2D eigenvalue weighted by atomic mass is 19.1. The first kappa shape index (κ1) is 34.8. The van der Waals surface area contributed by atoms with Crippen LogP contribution in [0.4, 0.5) is 13.2 Å². The van der Waals surface area contributed by atoms with Crippen LogP contribution in [-0.2, 0) is 29.0 Å². The van der Waals surface area contributed by atoms with Crippen LogP contribution in [0.25, 0.3) is 27.9 Å². The molecule has 0 amide bonds. The van der Waals surface area contributed by atoms with Crippen LogP contribution >= 0.6 is 0 Å². The van der Waals surface area contributed by atoms with Gasteiger partial charge in [0.2, 0.25) is 5.88 Å². The molecular formula is C39H39F3N4O4. The fraction of sp³-hybridized carbons (Fsp3) is 0.308. The summed E-state index contributed by atoms with van der Waals surface area (Å²) in [7, 11) is 1.57. The molecule has 1 aliphatic heterocycles. The number of hydrogen-bond donors (Lipinski definition) is 1. The predicted octanol–water partition coefficient (Wildman–Crippen LogP) is 7.66. The van der Waals surface area contributed by atoms with E-state index in [4.69, 9.17) is 14.2 Å². The highest BCUT2D eigenvalue weighted by Gasteiger charge is 2.21. The van der Waals surface area contributed by atoms with Crippen molar-refractivity contribution in [1.82, 2.24) is 19.9 Å². The Hall–Kier alpha value is -5.00. The van der Waals surface area contributed by atoms with Crippen molar-refractivity contribution in [2.24, 2.45) is 0 Å². The Morgan fingerprint density at radius 3 is 2.50 bits per heavy atom. The van der Waals surface area contributed by atoms with E-state index in [1.165, 1.54) is 6.07 Å². The number of imidazole rings is 1. The normalized spacial score (nSPS) is 13.4. The molecule has 3 aromatic carbocycles. The van der Waals surface area contributed by atoms with E-state index in [0.29, 0.717) is 41.1 Å². The number of carbonyl (C=O) groups excluding carboxylic acids is 1. The van der Waals surface area contributed by atoms with Crippen molar-refractivity contribution in [3.63, 3.8) is 0 Å². The molecule has 50 heavy (non-hydrogen) atoms. The number of pyridine rings is 1. The quantitative estimate of drug-likeness (QED) is 0.143. The Morgan fingerprint density at radius 1 is 0.940 bits per heavy atom. The van der Waals surface area contributed by atoms with Crippen LogP contribution in [0.15, 0.2) is 72.8 Å². The number of rotatable bonds is 11. The van der Waals surface area contributed by atoms with Gasteiger partial charge in [0.1, 0.15) is 35.5 Å². The lowest BCUT2D eigenvalue weighted by Crippen LogP contribution is -2.23. The Morgan fingerprint density at radius 2 is 1.76 bits per heavy atom. The lowest BCUT2D eigenvalue weighted by atomic mass is 9.99. The second-order valence-electron chi connectivity index (χ2n) is 13.1. The second kappa shape index (κ2) is 14.9. The van der Waals surface area contributed by atoms with Gasteiger partial charge in [0.25, 0.3) is 0 Å². The zero-order valence-electron chi connectivity index (χ0n) is 28.5. The number of esters is 1. The molecule has 2 aromatic heterocycles. The molecule has 0 atom stereocenters. The van der Waals surface area contributed by atoms with E-state index in [9.17, 15) is 9.18 Å². The van der Waals surface area contributed by atoms with Gasteiger partial charge in [-0.05, 0) is 92.9 Å². The Bertz CT molecular complexity index is 2070. The number of fused-ring (bicyclic) bond motifs is 1. The monoisotopic (exact) mass is 684 g/mol. The molecule has 0 radical (unpaired) electrons. The third kappa shape index (κ3) is 8.06. The van der Waals surface area contributed by atoms with Crippen molar-refractivity contribution in [2.75, 3.05) is 26.8 Å². The summed E-state index contributed by atoms with van der Waals surface area (Å²) in [5, 5.41) is 3.25. The van der Waals surface area contributed by atoms with Crippen LogP contribution in [0.2, 0.25) is 0 Å². The summed E-state index contributed by atoms with van der Waals surface area (Å²) in [6.45, 7) is 7.62. The van der Waals surface area contributed by atoms with Gasteiger partial charge >= 0.3 is 5.97 Å². The van der Waals surface area contributed by atoms with Gasteiger partial charge < -0.3 is 24.1 Å². The van der Waals surface area contributed by atoms with E-state index >= 15 is 8.78 Å². The molecule has 1 aliphatic rings. The van der Waals surface area contributed by atoms with Crippen LogP contribution in [0, 0.1) is 17.5 Å². The molecule has 0 saturated heterocycles. The summed E-state index contributed by atoms with van der Waals surface area (Å²) >= 11 is 0.